The van der Waals surface area contributed by atoms with E-state index in [0.29, 0.717) is 0 Å². The van der Waals surface area contributed by atoms with E-state index in [2.05, 4.69) is 7.12 Å². The molecule has 0 bridgehead atoms. The Labute approximate surface area is 38.1 Å². The van der Waals surface area contributed by atoms with Crippen molar-refractivity contribution in [2.75, 3.05) is 7.05 Å². The minimum atomic E-state index is -3.41. The van der Waals surface area contributed by atoms with Crippen LogP contribution in [0.4, 0.5) is 0 Å². The van der Waals surface area contributed by atoms with Gasteiger partial charge in [-0.15, -0.1) is 0 Å². The molecule has 6 heavy (non-hydrogen) atoms. The van der Waals surface area contributed by atoms with Gasteiger partial charge in [-0.1, -0.05) is 0 Å². The maximum absolute atomic E-state index is 9.67. The molecule has 5 heteroatoms. The molecule has 0 saturated heterocycles. The summed E-state index contributed by atoms with van der Waals surface area (Å²) in [4.78, 5) is 0. The van der Waals surface area contributed by atoms with Crippen LogP contribution < -0.4 is 4.72 Å². The maximum atomic E-state index is 9.67. The van der Waals surface area contributed by atoms with E-state index in [1.807, 2.05) is 4.72 Å². The maximum Gasteiger partial charge on any atom is 0.277 e. The first kappa shape index (κ1) is 5.97. The number of rotatable bonds is 1. The fourth-order valence-corrected chi connectivity index (χ4v) is 0. The van der Waals surface area contributed by atoms with E-state index in [0.717, 1.165) is 0 Å². The normalized spacial score (nSPS) is 11.5. The minimum Gasteiger partial charge on any atom is -0.229 e. The topological polar surface area (TPSA) is 46.2 Å². The minimum absolute atomic E-state index is 1.25. The van der Waals surface area contributed by atoms with Crippen LogP contribution in [0.2, 0.25) is 0 Å². The molecule has 2 radical (unpaired) electrons. The predicted molar refractivity (Wildman–Crippen MR) is 23.7 cm³/mol. The zero-order valence-electron chi connectivity index (χ0n) is 3.30. The smallest absolute Gasteiger partial charge is 0.229 e. The van der Waals surface area contributed by atoms with E-state index in [9.17, 15) is 8.42 Å². The second-order valence-corrected chi connectivity index (χ2v) is 2.25. The molecule has 0 aromatic heterocycles. The van der Waals surface area contributed by atoms with Crippen molar-refractivity contribution in [3.8, 4) is 0 Å². The summed E-state index contributed by atoms with van der Waals surface area (Å²) in [6.45, 7) is 0. The monoisotopic (exact) mass is 105 g/mol. The van der Waals surface area contributed by atoms with E-state index in [4.69, 9.17) is 0 Å². The third kappa shape index (κ3) is 3.97. The Kier molecular flexibility index (Phi) is 1.61. The van der Waals surface area contributed by atoms with Crippen molar-refractivity contribution < 1.29 is 8.42 Å². The van der Waals surface area contributed by atoms with Crippen LogP contribution in [-0.2, 0) is 9.87 Å². The fourth-order valence-electron chi connectivity index (χ4n) is 0. The van der Waals surface area contributed by atoms with Gasteiger partial charge in [0.1, 0.15) is 9.87 Å². The summed E-state index contributed by atoms with van der Waals surface area (Å²) in [7, 11) is 2.23. The molecule has 0 heterocycles. The standard InChI is InChI=1S/CH4BNO2S/c1-3-6(2,4)5/h3H,1H3. The predicted octanol–water partition coefficient (Wildman–Crippen LogP) is -1.38. The van der Waals surface area contributed by atoms with Crippen molar-refractivity contribution in [2.24, 2.45) is 0 Å². The van der Waals surface area contributed by atoms with E-state index in [1.54, 1.807) is 0 Å². The molecule has 3 nitrogen and oxygen atoms in total. The molecule has 0 amide bonds. The van der Waals surface area contributed by atoms with Crippen LogP contribution in [-0.4, -0.2) is 22.6 Å². The number of hydrogen-bond donors (Lipinski definition) is 1. The van der Waals surface area contributed by atoms with E-state index >= 15 is 0 Å². The second kappa shape index (κ2) is 1.62. The van der Waals surface area contributed by atoms with Gasteiger partial charge in [-0.25, -0.2) is 13.1 Å². The summed E-state index contributed by atoms with van der Waals surface area (Å²) in [6, 6.07) is 0. The van der Waals surface area contributed by atoms with Gasteiger partial charge >= 0.3 is 0 Å². The molecule has 0 aromatic rings. The van der Waals surface area contributed by atoms with Crippen LogP contribution in [0.1, 0.15) is 0 Å². The highest BCUT2D eigenvalue weighted by atomic mass is 32.2. The average molecular weight is 105 g/mol. The summed E-state index contributed by atoms with van der Waals surface area (Å²) in [5.74, 6) is 0. The lowest BCUT2D eigenvalue weighted by atomic mass is 10.8. The molecule has 0 unspecified atom stereocenters. The Morgan fingerprint density at radius 1 is 1.67 bits per heavy atom. The molecule has 0 rings (SSSR count). The Bertz CT molecular complexity index is 116. The van der Waals surface area contributed by atoms with E-state index in [1.165, 1.54) is 7.05 Å². The molecule has 0 aromatic carbocycles. The third-order valence-electron chi connectivity index (χ3n) is 0.285. The molecule has 0 aliphatic rings. The lowest BCUT2D eigenvalue weighted by Crippen LogP contribution is -2.16. The summed E-state index contributed by atoms with van der Waals surface area (Å²) in [5, 5.41) is 0. The molecular weight excluding hydrogens is 101 g/mol. The van der Waals surface area contributed by atoms with Gasteiger partial charge in [-0.3, -0.25) is 0 Å². The largest absolute Gasteiger partial charge is 0.277 e. The van der Waals surface area contributed by atoms with Crippen LogP contribution in [0.5, 0.6) is 0 Å². The van der Waals surface area contributed by atoms with Gasteiger partial charge in [-0.2, -0.15) is 0 Å². The molecular formula is CH4BNO2S. The highest BCUT2D eigenvalue weighted by Gasteiger charge is 1.88. The van der Waals surface area contributed by atoms with Gasteiger partial charge < -0.3 is 0 Å². The zero-order chi connectivity index (χ0) is 5.21. The molecule has 34 valence electrons. The summed E-state index contributed by atoms with van der Waals surface area (Å²) < 4.78 is 21.2. The Morgan fingerprint density at radius 2 is 1.83 bits per heavy atom. The first-order valence-electron chi connectivity index (χ1n) is 1.27. The Balaban J connectivity index is 3.85. The van der Waals surface area contributed by atoms with Gasteiger partial charge in [0.25, 0.3) is 7.12 Å². The van der Waals surface area contributed by atoms with Crippen LogP contribution >= 0.6 is 0 Å². The quantitative estimate of drug-likeness (QED) is 0.417. The first-order valence-corrected chi connectivity index (χ1v) is 2.82. The summed E-state index contributed by atoms with van der Waals surface area (Å²) >= 11 is 0. The van der Waals surface area contributed by atoms with Crippen molar-refractivity contribution >= 4 is 17.0 Å². The zero-order valence-corrected chi connectivity index (χ0v) is 4.12. The molecule has 0 spiro atoms. The highest BCUT2D eigenvalue weighted by Crippen LogP contribution is 1.60. The Morgan fingerprint density at radius 3 is 1.83 bits per heavy atom. The van der Waals surface area contributed by atoms with Crippen molar-refractivity contribution in [2.45, 2.75) is 0 Å². The lowest BCUT2D eigenvalue weighted by molar-refractivity contribution is 0.602. The van der Waals surface area contributed by atoms with Crippen molar-refractivity contribution in [1.29, 1.82) is 0 Å². The van der Waals surface area contributed by atoms with Gasteiger partial charge in [0, 0.05) is 0 Å². The van der Waals surface area contributed by atoms with E-state index < -0.39 is 9.87 Å². The van der Waals surface area contributed by atoms with Crippen LogP contribution in [0.25, 0.3) is 0 Å². The van der Waals surface area contributed by atoms with Crippen molar-refractivity contribution in [1.82, 2.24) is 4.72 Å². The highest BCUT2D eigenvalue weighted by molar-refractivity contribution is 8.10. The molecule has 0 fully saturated rings. The van der Waals surface area contributed by atoms with E-state index in [-0.39, 0.29) is 0 Å². The SMILES string of the molecule is [B]S(=O)(=O)NC. The summed E-state index contributed by atoms with van der Waals surface area (Å²) in [5.41, 5.74) is 0. The van der Waals surface area contributed by atoms with Gasteiger partial charge in [0.05, 0.1) is 0 Å². The molecule has 0 atom stereocenters. The van der Waals surface area contributed by atoms with Crippen LogP contribution in [0, 0.1) is 0 Å². The molecule has 0 saturated carbocycles. The fraction of sp³-hybridized carbons (Fsp3) is 1.00. The van der Waals surface area contributed by atoms with Crippen molar-refractivity contribution in [3.05, 3.63) is 0 Å². The van der Waals surface area contributed by atoms with Gasteiger partial charge in [0.2, 0.25) is 0 Å². The van der Waals surface area contributed by atoms with Gasteiger partial charge in [-0.05, 0) is 7.05 Å². The first-order chi connectivity index (χ1) is 2.56. The number of nitrogens with one attached hydrogen (secondary N) is 1. The number of hydrogen-bond acceptors (Lipinski definition) is 2. The van der Waals surface area contributed by atoms with Gasteiger partial charge in [0.15, 0.2) is 0 Å². The summed E-state index contributed by atoms with van der Waals surface area (Å²) in [6.07, 6.45) is 0. The molecule has 0 aliphatic heterocycles. The lowest BCUT2D eigenvalue weighted by Gasteiger charge is -1.85. The van der Waals surface area contributed by atoms with Crippen LogP contribution in [0.3, 0.4) is 0 Å². The Hall–Kier alpha value is -0.0251. The molecule has 1 N–H and O–H groups in total. The van der Waals surface area contributed by atoms with Crippen LogP contribution in [0.15, 0.2) is 0 Å². The average Bonchev–Trinajstić information content (AvgIpc) is 1.35. The third-order valence-corrected chi connectivity index (χ3v) is 0.854. The van der Waals surface area contributed by atoms with Crippen molar-refractivity contribution in [3.63, 3.8) is 0 Å². The second-order valence-electron chi connectivity index (χ2n) is 0.749. The molecule has 0 aliphatic carbocycles.